The molecule has 21 heavy (non-hydrogen) atoms. The maximum Gasteiger partial charge on any atom is 0.225 e. The number of anilines is 2. The van der Waals surface area contributed by atoms with E-state index in [-0.39, 0.29) is 0 Å². The van der Waals surface area contributed by atoms with Crippen LogP contribution in [0.4, 0.5) is 11.8 Å². The Morgan fingerprint density at radius 1 is 1.24 bits per heavy atom. The zero-order valence-electron chi connectivity index (χ0n) is 13.3. The highest BCUT2D eigenvalue weighted by Crippen LogP contribution is 2.37. The average Bonchev–Trinajstić information content (AvgIpc) is 2.81. The molecule has 0 aromatic carbocycles. The summed E-state index contributed by atoms with van der Waals surface area (Å²) in [5.74, 6) is 1.68. The van der Waals surface area contributed by atoms with Gasteiger partial charge in [-0.25, -0.2) is 4.98 Å². The van der Waals surface area contributed by atoms with Crippen molar-refractivity contribution < 1.29 is 0 Å². The van der Waals surface area contributed by atoms with Gasteiger partial charge in [-0.2, -0.15) is 4.98 Å². The SMILES string of the molecule is CNc1nc(NC2CCC(C)(C)CC2)c2cc(C)sc2n1. The minimum atomic E-state index is 0.494. The molecule has 114 valence electrons. The van der Waals surface area contributed by atoms with E-state index in [2.05, 4.69) is 47.4 Å². The van der Waals surface area contributed by atoms with Crippen molar-refractivity contribution in [1.29, 1.82) is 0 Å². The highest BCUT2D eigenvalue weighted by atomic mass is 32.1. The molecule has 1 fully saturated rings. The Hall–Kier alpha value is -1.36. The third kappa shape index (κ3) is 3.12. The molecule has 0 spiro atoms. The van der Waals surface area contributed by atoms with E-state index in [1.54, 1.807) is 11.3 Å². The molecule has 0 aliphatic heterocycles. The van der Waals surface area contributed by atoms with Crippen LogP contribution < -0.4 is 10.6 Å². The van der Waals surface area contributed by atoms with Crippen molar-refractivity contribution in [3.05, 3.63) is 10.9 Å². The molecule has 5 heteroatoms. The van der Waals surface area contributed by atoms with E-state index in [0.29, 0.717) is 17.4 Å². The third-order valence-electron chi connectivity index (χ3n) is 4.42. The molecule has 0 radical (unpaired) electrons. The van der Waals surface area contributed by atoms with Gasteiger partial charge in [0, 0.05) is 18.0 Å². The fraction of sp³-hybridized carbons (Fsp3) is 0.625. The van der Waals surface area contributed by atoms with Crippen LogP contribution in [-0.4, -0.2) is 23.1 Å². The summed E-state index contributed by atoms with van der Waals surface area (Å²) >= 11 is 1.73. The summed E-state index contributed by atoms with van der Waals surface area (Å²) in [6, 6.07) is 2.72. The Bertz CT molecular complexity index is 637. The average molecular weight is 304 g/mol. The van der Waals surface area contributed by atoms with E-state index >= 15 is 0 Å². The Morgan fingerprint density at radius 2 is 1.95 bits per heavy atom. The van der Waals surface area contributed by atoms with Crippen molar-refractivity contribution in [1.82, 2.24) is 9.97 Å². The van der Waals surface area contributed by atoms with Gasteiger partial charge in [-0.05, 0) is 44.1 Å². The highest BCUT2D eigenvalue weighted by Gasteiger charge is 2.27. The first-order valence-corrected chi connectivity index (χ1v) is 8.51. The van der Waals surface area contributed by atoms with Crippen LogP contribution in [0.2, 0.25) is 0 Å². The van der Waals surface area contributed by atoms with Gasteiger partial charge in [0.1, 0.15) is 10.6 Å². The maximum absolute atomic E-state index is 4.64. The number of nitrogens with one attached hydrogen (secondary N) is 2. The summed E-state index contributed by atoms with van der Waals surface area (Å²) in [6.07, 6.45) is 4.99. The van der Waals surface area contributed by atoms with E-state index in [4.69, 9.17) is 0 Å². The van der Waals surface area contributed by atoms with Crippen LogP contribution in [0, 0.1) is 12.3 Å². The lowest BCUT2D eigenvalue weighted by atomic mass is 9.75. The van der Waals surface area contributed by atoms with Gasteiger partial charge in [0.15, 0.2) is 0 Å². The van der Waals surface area contributed by atoms with Crippen molar-refractivity contribution >= 4 is 33.3 Å². The van der Waals surface area contributed by atoms with E-state index in [0.717, 1.165) is 16.0 Å². The van der Waals surface area contributed by atoms with Crippen molar-refractivity contribution in [2.24, 2.45) is 5.41 Å². The molecule has 2 aromatic rings. The largest absolute Gasteiger partial charge is 0.367 e. The van der Waals surface area contributed by atoms with Crippen LogP contribution >= 0.6 is 11.3 Å². The minimum absolute atomic E-state index is 0.494. The summed E-state index contributed by atoms with van der Waals surface area (Å²) < 4.78 is 0. The lowest BCUT2D eigenvalue weighted by molar-refractivity contribution is 0.232. The van der Waals surface area contributed by atoms with Crippen LogP contribution in [0.15, 0.2) is 6.07 Å². The molecule has 0 bridgehead atoms. The standard InChI is InChI=1S/C16H24N4S/c1-10-9-12-13(19-15(17-4)20-14(12)21-10)18-11-5-7-16(2,3)8-6-11/h9,11H,5-8H2,1-4H3,(H2,17,18,19,20). The van der Waals surface area contributed by atoms with E-state index < -0.39 is 0 Å². The Kier molecular flexibility index (Phi) is 3.78. The first-order valence-electron chi connectivity index (χ1n) is 7.69. The molecular weight excluding hydrogens is 280 g/mol. The summed E-state index contributed by atoms with van der Waals surface area (Å²) in [7, 11) is 1.87. The number of hydrogen-bond donors (Lipinski definition) is 2. The third-order valence-corrected chi connectivity index (χ3v) is 5.36. The maximum atomic E-state index is 4.64. The summed E-state index contributed by atoms with van der Waals surface area (Å²) in [4.78, 5) is 11.5. The molecule has 0 unspecified atom stereocenters. The predicted octanol–water partition coefficient (Wildman–Crippen LogP) is 4.42. The monoisotopic (exact) mass is 304 g/mol. The van der Waals surface area contributed by atoms with Gasteiger partial charge in [-0.15, -0.1) is 11.3 Å². The number of aryl methyl sites for hydroxylation is 1. The summed E-state index contributed by atoms with van der Waals surface area (Å²) in [6.45, 7) is 6.86. The minimum Gasteiger partial charge on any atom is -0.367 e. The van der Waals surface area contributed by atoms with Crippen LogP contribution in [0.3, 0.4) is 0 Å². The molecule has 0 amide bonds. The fourth-order valence-electron chi connectivity index (χ4n) is 3.00. The van der Waals surface area contributed by atoms with E-state index in [9.17, 15) is 0 Å². The molecule has 2 aromatic heterocycles. The Labute approximate surface area is 130 Å². The quantitative estimate of drug-likeness (QED) is 0.881. The number of aromatic nitrogens is 2. The molecule has 0 saturated heterocycles. The number of rotatable bonds is 3. The van der Waals surface area contributed by atoms with Crippen molar-refractivity contribution in [2.45, 2.75) is 52.5 Å². The lowest BCUT2D eigenvalue weighted by Crippen LogP contribution is -2.30. The van der Waals surface area contributed by atoms with Crippen LogP contribution in [0.5, 0.6) is 0 Å². The number of thiophene rings is 1. The number of hydrogen-bond acceptors (Lipinski definition) is 5. The topological polar surface area (TPSA) is 49.8 Å². The summed E-state index contributed by atoms with van der Waals surface area (Å²) in [5.41, 5.74) is 0.494. The van der Waals surface area contributed by atoms with Gasteiger partial charge in [0.2, 0.25) is 5.95 Å². The van der Waals surface area contributed by atoms with Gasteiger partial charge < -0.3 is 10.6 Å². The van der Waals surface area contributed by atoms with Gasteiger partial charge in [-0.1, -0.05) is 13.8 Å². The second kappa shape index (κ2) is 5.44. The first kappa shape index (κ1) is 14.6. The molecular formula is C16H24N4S. The molecule has 0 atom stereocenters. The zero-order chi connectivity index (χ0) is 15.0. The van der Waals surface area contributed by atoms with Crippen LogP contribution in [0.25, 0.3) is 10.2 Å². The molecule has 3 rings (SSSR count). The second-order valence-electron chi connectivity index (χ2n) is 6.80. The smallest absolute Gasteiger partial charge is 0.225 e. The van der Waals surface area contributed by atoms with Crippen molar-refractivity contribution in [3.8, 4) is 0 Å². The van der Waals surface area contributed by atoms with Crippen molar-refractivity contribution in [2.75, 3.05) is 17.7 Å². The molecule has 1 saturated carbocycles. The molecule has 2 heterocycles. The highest BCUT2D eigenvalue weighted by molar-refractivity contribution is 7.18. The molecule has 4 nitrogen and oxygen atoms in total. The number of fused-ring (bicyclic) bond motifs is 1. The predicted molar refractivity (Wildman–Crippen MR) is 91.4 cm³/mol. The second-order valence-corrected chi connectivity index (χ2v) is 8.04. The van der Waals surface area contributed by atoms with E-state index in [1.807, 2.05) is 7.05 Å². The Morgan fingerprint density at radius 3 is 2.62 bits per heavy atom. The van der Waals surface area contributed by atoms with Gasteiger partial charge in [-0.3, -0.25) is 0 Å². The Balaban J connectivity index is 1.86. The van der Waals surface area contributed by atoms with Gasteiger partial charge in [0.05, 0.1) is 5.39 Å². The number of nitrogens with zero attached hydrogens (tertiary/aromatic N) is 2. The molecule has 2 N–H and O–H groups in total. The van der Waals surface area contributed by atoms with E-state index in [1.165, 1.54) is 30.6 Å². The van der Waals surface area contributed by atoms with Crippen LogP contribution in [-0.2, 0) is 0 Å². The van der Waals surface area contributed by atoms with Gasteiger partial charge in [0.25, 0.3) is 0 Å². The normalized spacial score (nSPS) is 18.9. The summed E-state index contributed by atoms with van der Waals surface area (Å²) in [5, 5.41) is 7.88. The van der Waals surface area contributed by atoms with Crippen molar-refractivity contribution in [3.63, 3.8) is 0 Å². The molecule has 1 aliphatic carbocycles. The fourth-order valence-corrected chi connectivity index (χ4v) is 3.88. The lowest BCUT2D eigenvalue weighted by Gasteiger charge is -2.34. The zero-order valence-corrected chi connectivity index (χ0v) is 14.1. The van der Waals surface area contributed by atoms with Gasteiger partial charge >= 0.3 is 0 Å². The molecule has 1 aliphatic rings. The first-order chi connectivity index (χ1) is 9.97. The van der Waals surface area contributed by atoms with Crippen LogP contribution in [0.1, 0.15) is 44.4 Å².